The normalized spacial score (nSPS) is 11.1. The third-order valence-corrected chi connectivity index (χ3v) is 5.24. The number of benzene rings is 2. The molecule has 0 spiro atoms. The molecule has 3 N–H and O–H groups in total. The molecule has 0 saturated heterocycles. The summed E-state index contributed by atoms with van der Waals surface area (Å²) in [5.41, 5.74) is 0.123. The van der Waals surface area contributed by atoms with Crippen molar-refractivity contribution in [2.75, 3.05) is 11.9 Å². The lowest BCUT2D eigenvalue weighted by Gasteiger charge is -2.10. The highest BCUT2D eigenvalue weighted by molar-refractivity contribution is 9.10. The molecule has 0 fully saturated rings. The average molecular weight is 427 g/mol. The number of hydrogen-bond acceptors (Lipinski definition) is 4. The first-order valence-corrected chi connectivity index (χ1v) is 9.46. The van der Waals surface area contributed by atoms with Crippen molar-refractivity contribution in [1.29, 1.82) is 0 Å². The molecule has 132 valence electrons. The van der Waals surface area contributed by atoms with E-state index in [1.807, 2.05) is 0 Å². The minimum Gasteiger partial charge on any atom is -0.478 e. The maximum atomic E-state index is 12.4. The Balaban J connectivity index is 2.33. The minimum atomic E-state index is -3.70. The summed E-state index contributed by atoms with van der Waals surface area (Å²) >= 11 is 3.17. The van der Waals surface area contributed by atoms with E-state index >= 15 is 0 Å². The van der Waals surface area contributed by atoms with Gasteiger partial charge in [-0.2, -0.15) is 0 Å². The summed E-state index contributed by atoms with van der Waals surface area (Å²) in [6.45, 7) is 1.87. The van der Waals surface area contributed by atoms with Crippen molar-refractivity contribution in [3.8, 4) is 0 Å². The summed E-state index contributed by atoms with van der Waals surface area (Å²) < 4.78 is 26.9. The molecular formula is C16H15BrN2O5S. The molecule has 0 aliphatic carbocycles. The Hall–Kier alpha value is -2.23. The zero-order chi connectivity index (χ0) is 18.6. The number of hydrogen-bond donors (Lipinski definition) is 3. The summed E-state index contributed by atoms with van der Waals surface area (Å²) in [7, 11) is -3.70. The van der Waals surface area contributed by atoms with Gasteiger partial charge in [0.15, 0.2) is 0 Å². The third-order valence-electron chi connectivity index (χ3n) is 3.20. The quantitative estimate of drug-likeness (QED) is 0.656. The highest BCUT2D eigenvalue weighted by Crippen LogP contribution is 2.22. The predicted octanol–water partition coefficient (Wildman–Crippen LogP) is 2.70. The molecule has 0 atom stereocenters. The second-order valence-corrected chi connectivity index (χ2v) is 7.66. The van der Waals surface area contributed by atoms with Gasteiger partial charge in [-0.3, -0.25) is 4.79 Å². The van der Waals surface area contributed by atoms with Crippen LogP contribution >= 0.6 is 15.9 Å². The van der Waals surface area contributed by atoms with E-state index in [1.165, 1.54) is 36.4 Å². The summed E-state index contributed by atoms with van der Waals surface area (Å²) in [6, 6.07) is 9.89. The first kappa shape index (κ1) is 19.1. The van der Waals surface area contributed by atoms with Crippen molar-refractivity contribution in [3.05, 3.63) is 58.1 Å². The summed E-state index contributed by atoms with van der Waals surface area (Å²) in [4.78, 5) is 23.6. The number of rotatable bonds is 6. The van der Waals surface area contributed by atoms with Gasteiger partial charge in [-0.15, -0.1) is 0 Å². The fourth-order valence-electron chi connectivity index (χ4n) is 2.07. The van der Waals surface area contributed by atoms with E-state index in [0.29, 0.717) is 4.47 Å². The van der Waals surface area contributed by atoms with E-state index < -0.39 is 21.9 Å². The molecule has 2 rings (SSSR count). The molecule has 7 nitrogen and oxygen atoms in total. The van der Waals surface area contributed by atoms with Crippen molar-refractivity contribution in [1.82, 2.24) is 4.72 Å². The molecule has 0 aliphatic rings. The number of carbonyl (C=O) groups excluding carboxylic acids is 1. The molecule has 1 amide bonds. The van der Waals surface area contributed by atoms with E-state index in [0.717, 1.165) is 0 Å². The van der Waals surface area contributed by atoms with Crippen molar-refractivity contribution >= 4 is 43.5 Å². The first-order chi connectivity index (χ1) is 11.7. The fraction of sp³-hybridized carbons (Fsp3) is 0.125. The number of sulfonamides is 1. The van der Waals surface area contributed by atoms with Gasteiger partial charge in [0.05, 0.1) is 16.1 Å². The zero-order valence-corrected chi connectivity index (χ0v) is 15.5. The molecule has 2 aromatic rings. The number of aromatic carboxylic acids is 1. The number of amides is 1. The molecule has 0 radical (unpaired) electrons. The monoisotopic (exact) mass is 426 g/mol. The Morgan fingerprint density at radius 3 is 2.52 bits per heavy atom. The predicted molar refractivity (Wildman–Crippen MR) is 96.4 cm³/mol. The maximum absolute atomic E-state index is 12.4. The lowest BCUT2D eigenvalue weighted by Crippen LogP contribution is -2.23. The van der Waals surface area contributed by atoms with Crippen LogP contribution in [0.1, 0.15) is 27.6 Å². The van der Waals surface area contributed by atoms with Gasteiger partial charge >= 0.3 is 5.97 Å². The SMILES string of the molecule is CCNS(=O)(=O)c1cccc(C(=O)Nc2ccc(Br)cc2C(=O)O)c1. The van der Waals surface area contributed by atoms with Gasteiger partial charge in [-0.05, 0) is 36.4 Å². The Kier molecular flexibility index (Phi) is 5.93. The molecule has 9 heteroatoms. The number of carboxylic acids is 1. The average Bonchev–Trinajstić information content (AvgIpc) is 2.56. The topological polar surface area (TPSA) is 113 Å². The van der Waals surface area contributed by atoms with Gasteiger partial charge in [0.2, 0.25) is 10.0 Å². The lowest BCUT2D eigenvalue weighted by molar-refractivity contribution is 0.0698. The van der Waals surface area contributed by atoms with Crippen molar-refractivity contribution in [3.63, 3.8) is 0 Å². The fourth-order valence-corrected chi connectivity index (χ4v) is 3.52. The van der Waals surface area contributed by atoms with Crippen LogP contribution in [0.15, 0.2) is 51.8 Å². The smallest absolute Gasteiger partial charge is 0.337 e. The van der Waals surface area contributed by atoms with Gasteiger partial charge in [0.25, 0.3) is 5.91 Å². The first-order valence-electron chi connectivity index (χ1n) is 7.18. The number of anilines is 1. The van der Waals surface area contributed by atoms with Crippen LogP contribution in [0.5, 0.6) is 0 Å². The van der Waals surface area contributed by atoms with Gasteiger partial charge in [0, 0.05) is 16.6 Å². The van der Waals surface area contributed by atoms with E-state index in [1.54, 1.807) is 13.0 Å². The summed E-state index contributed by atoms with van der Waals surface area (Å²) in [5, 5.41) is 11.7. The van der Waals surface area contributed by atoms with Crippen LogP contribution in [-0.4, -0.2) is 31.9 Å². The van der Waals surface area contributed by atoms with Crippen LogP contribution in [0.4, 0.5) is 5.69 Å². The molecule has 0 aliphatic heterocycles. The molecule has 2 aromatic carbocycles. The van der Waals surface area contributed by atoms with Gasteiger partial charge < -0.3 is 10.4 Å². The van der Waals surface area contributed by atoms with Gasteiger partial charge in [-0.25, -0.2) is 17.9 Å². The third kappa shape index (κ3) is 4.65. The lowest BCUT2D eigenvalue weighted by atomic mass is 10.1. The summed E-state index contributed by atoms with van der Waals surface area (Å²) in [5.74, 6) is -1.81. The Morgan fingerprint density at radius 1 is 1.16 bits per heavy atom. The van der Waals surface area contributed by atoms with Crippen LogP contribution < -0.4 is 10.0 Å². The van der Waals surface area contributed by atoms with E-state index in [4.69, 9.17) is 0 Å². The number of halogens is 1. The van der Waals surface area contributed by atoms with Gasteiger partial charge in [0.1, 0.15) is 0 Å². The number of nitrogens with one attached hydrogen (secondary N) is 2. The molecule has 25 heavy (non-hydrogen) atoms. The maximum Gasteiger partial charge on any atom is 0.337 e. The Morgan fingerprint density at radius 2 is 1.88 bits per heavy atom. The second-order valence-electron chi connectivity index (χ2n) is 4.98. The number of carboxylic acid groups (broad SMARTS) is 1. The molecular weight excluding hydrogens is 412 g/mol. The Labute approximate surface area is 153 Å². The largest absolute Gasteiger partial charge is 0.478 e. The van der Waals surface area contributed by atoms with Crippen LogP contribution in [0.2, 0.25) is 0 Å². The van der Waals surface area contributed by atoms with Crippen LogP contribution in [-0.2, 0) is 10.0 Å². The number of carbonyl (C=O) groups is 2. The van der Waals surface area contributed by atoms with Gasteiger partial charge in [-0.1, -0.05) is 28.9 Å². The van der Waals surface area contributed by atoms with Crippen LogP contribution in [0.25, 0.3) is 0 Å². The van der Waals surface area contributed by atoms with Crippen molar-refractivity contribution in [2.45, 2.75) is 11.8 Å². The van der Waals surface area contributed by atoms with E-state index in [9.17, 15) is 23.1 Å². The standard InChI is InChI=1S/C16H15BrN2O5S/c1-2-18-25(23,24)12-5-3-4-10(8-12)15(20)19-14-7-6-11(17)9-13(14)16(21)22/h3-9,18H,2H2,1H3,(H,19,20)(H,21,22). The molecule has 0 bridgehead atoms. The van der Waals surface area contributed by atoms with Crippen LogP contribution in [0, 0.1) is 0 Å². The molecule has 0 saturated carbocycles. The van der Waals surface area contributed by atoms with Crippen LogP contribution in [0.3, 0.4) is 0 Å². The van der Waals surface area contributed by atoms with Crippen molar-refractivity contribution in [2.24, 2.45) is 0 Å². The molecule has 0 aromatic heterocycles. The Bertz CT molecular complexity index is 928. The van der Waals surface area contributed by atoms with E-state index in [2.05, 4.69) is 26.0 Å². The zero-order valence-electron chi connectivity index (χ0n) is 13.1. The molecule has 0 unspecified atom stereocenters. The molecule has 0 heterocycles. The minimum absolute atomic E-state index is 0.0451. The highest BCUT2D eigenvalue weighted by atomic mass is 79.9. The highest BCUT2D eigenvalue weighted by Gasteiger charge is 2.17. The summed E-state index contributed by atoms with van der Waals surface area (Å²) in [6.07, 6.45) is 0. The van der Waals surface area contributed by atoms with Crippen molar-refractivity contribution < 1.29 is 23.1 Å². The second kappa shape index (κ2) is 7.77. The van der Waals surface area contributed by atoms with E-state index in [-0.39, 0.29) is 28.3 Å².